The van der Waals surface area contributed by atoms with Crippen molar-refractivity contribution in [1.29, 1.82) is 0 Å². The number of sulfonamides is 1. The summed E-state index contributed by atoms with van der Waals surface area (Å²) in [6.07, 6.45) is 3.14. The fourth-order valence-corrected chi connectivity index (χ4v) is 6.35. The summed E-state index contributed by atoms with van der Waals surface area (Å²) >= 11 is 6.22. The average molecular weight is 555 g/mol. The Hall–Kier alpha value is -2.40. The third kappa shape index (κ3) is 6.67. The van der Waals surface area contributed by atoms with Crippen LogP contribution in [0.4, 0.5) is 0 Å². The number of sulfone groups is 1. The first-order valence-corrected chi connectivity index (χ1v) is 15.2. The summed E-state index contributed by atoms with van der Waals surface area (Å²) in [5, 5.41) is 4.28. The van der Waals surface area contributed by atoms with Crippen molar-refractivity contribution in [3.8, 4) is 16.9 Å². The highest BCUT2D eigenvalue weighted by Crippen LogP contribution is 2.37. The van der Waals surface area contributed by atoms with Crippen LogP contribution in [0.3, 0.4) is 0 Å². The second kappa shape index (κ2) is 10.9. The van der Waals surface area contributed by atoms with Crippen molar-refractivity contribution in [3.63, 3.8) is 0 Å². The number of rotatable bonds is 8. The van der Waals surface area contributed by atoms with E-state index in [1.54, 1.807) is 57.4 Å². The summed E-state index contributed by atoms with van der Waals surface area (Å²) in [6.45, 7) is 3.81. The number of benzene rings is 2. The molecular weight excluding hydrogens is 524 g/mol. The molecule has 2 aromatic carbocycles. The summed E-state index contributed by atoms with van der Waals surface area (Å²) in [6, 6.07) is 11.3. The second-order valence-electron chi connectivity index (χ2n) is 9.26. The van der Waals surface area contributed by atoms with Crippen LogP contribution in [-0.4, -0.2) is 59.5 Å². The summed E-state index contributed by atoms with van der Waals surface area (Å²) in [4.78, 5) is 13.1. The first-order chi connectivity index (χ1) is 16.7. The number of methoxy groups -OCH3 is 1. The van der Waals surface area contributed by atoms with Crippen molar-refractivity contribution >= 4 is 37.4 Å². The molecule has 1 saturated heterocycles. The number of amides is 1. The Morgan fingerprint density at radius 2 is 1.81 bits per heavy atom. The zero-order valence-corrected chi connectivity index (χ0v) is 23.1. The maximum atomic E-state index is 13.7. The van der Waals surface area contributed by atoms with Gasteiger partial charge in [-0.05, 0) is 55.7 Å². The van der Waals surface area contributed by atoms with Gasteiger partial charge in [-0.2, -0.15) is 4.31 Å². The van der Waals surface area contributed by atoms with E-state index in [0.29, 0.717) is 34.7 Å². The number of nitrogens with zero attached hydrogens (tertiary/aromatic N) is 1. The van der Waals surface area contributed by atoms with E-state index in [2.05, 4.69) is 5.32 Å². The van der Waals surface area contributed by atoms with Gasteiger partial charge in [0.05, 0.1) is 12.0 Å². The molecule has 0 aromatic heterocycles. The predicted molar refractivity (Wildman–Crippen MR) is 141 cm³/mol. The summed E-state index contributed by atoms with van der Waals surface area (Å²) in [5.41, 5.74) is 0.348. The van der Waals surface area contributed by atoms with E-state index in [9.17, 15) is 21.6 Å². The van der Waals surface area contributed by atoms with Crippen molar-refractivity contribution in [2.75, 3.05) is 26.5 Å². The molecule has 2 aromatic rings. The molecule has 1 atom stereocenters. The largest absolute Gasteiger partial charge is 0.497 e. The van der Waals surface area contributed by atoms with Gasteiger partial charge in [-0.3, -0.25) is 4.79 Å². The van der Waals surface area contributed by atoms with Crippen molar-refractivity contribution in [2.24, 2.45) is 5.41 Å². The van der Waals surface area contributed by atoms with Crippen LogP contribution >= 0.6 is 11.6 Å². The maximum Gasteiger partial charge on any atom is 0.243 e. The Bertz CT molecular complexity index is 1360. The zero-order valence-electron chi connectivity index (χ0n) is 20.7. The molecule has 0 aliphatic carbocycles. The molecule has 0 bridgehead atoms. The molecule has 196 valence electrons. The van der Waals surface area contributed by atoms with Crippen molar-refractivity contribution < 1.29 is 26.4 Å². The van der Waals surface area contributed by atoms with E-state index in [0.717, 1.165) is 11.7 Å². The molecule has 1 fully saturated rings. The highest BCUT2D eigenvalue weighted by atomic mass is 35.5. The molecule has 1 aliphatic heterocycles. The lowest BCUT2D eigenvalue weighted by molar-refractivity contribution is -0.132. The van der Waals surface area contributed by atoms with Crippen LogP contribution in [0.5, 0.6) is 5.75 Å². The third-order valence-corrected chi connectivity index (χ3v) is 9.13. The molecule has 1 N–H and O–H groups in total. The lowest BCUT2D eigenvalue weighted by Crippen LogP contribution is -2.50. The van der Waals surface area contributed by atoms with Crippen molar-refractivity contribution in [3.05, 3.63) is 59.0 Å². The normalized spacial score (nSPS) is 17.6. The van der Waals surface area contributed by atoms with Crippen LogP contribution in [0.15, 0.2) is 58.8 Å². The summed E-state index contributed by atoms with van der Waals surface area (Å²) < 4.78 is 56.7. The standard InChI is InChI=1S/C25H31ClN2O6S2/c1-18(10-15-35(4,30)31)27-24(29)25(2)11-13-28(14-12-25)36(32,33)23-9-8-20(26)17-22(23)19-6-5-7-21(16-19)34-3/h5-10,15-18H,11-14H2,1-4H3,(H,27,29)/b15-10-/t18-/m1/s1. The minimum Gasteiger partial charge on any atom is -0.497 e. The minimum atomic E-state index is -3.88. The van der Waals surface area contributed by atoms with Gasteiger partial charge in [0.1, 0.15) is 5.75 Å². The molecule has 3 rings (SSSR count). The van der Waals surface area contributed by atoms with Gasteiger partial charge in [0, 0.05) is 46.8 Å². The third-order valence-electron chi connectivity index (χ3n) is 6.29. The fourth-order valence-electron chi connectivity index (χ4n) is 4.02. The van der Waals surface area contributed by atoms with Gasteiger partial charge < -0.3 is 10.1 Å². The van der Waals surface area contributed by atoms with Gasteiger partial charge in [0.15, 0.2) is 9.84 Å². The highest BCUT2D eigenvalue weighted by molar-refractivity contribution is 7.93. The van der Waals surface area contributed by atoms with E-state index in [-0.39, 0.29) is 23.9 Å². The molecule has 11 heteroatoms. The molecule has 0 spiro atoms. The number of halogens is 1. The van der Waals surface area contributed by atoms with E-state index < -0.39 is 31.3 Å². The zero-order chi connectivity index (χ0) is 26.7. The number of carbonyl (C=O) groups is 1. The monoisotopic (exact) mass is 554 g/mol. The number of hydrogen-bond donors (Lipinski definition) is 1. The molecule has 0 unspecified atom stereocenters. The van der Waals surface area contributed by atoms with Crippen LogP contribution in [0.2, 0.25) is 5.02 Å². The van der Waals surface area contributed by atoms with Crippen LogP contribution in [-0.2, 0) is 24.7 Å². The van der Waals surface area contributed by atoms with Crippen molar-refractivity contribution in [1.82, 2.24) is 9.62 Å². The molecule has 1 aliphatic rings. The number of piperidine rings is 1. The average Bonchev–Trinajstić information content (AvgIpc) is 2.82. The van der Waals surface area contributed by atoms with Gasteiger partial charge in [0.25, 0.3) is 0 Å². The summed E-state index contributed by atoms with van der Waals surface area (Å²) in [7, 11) is -5.63. The van der Waals surface area contributed by atoms with E-state index in [4.69, 9.17) is 16.3 Å². The van der Waals surface area contributed by atoms with Crippen LogP contribution in [0.25, 0.3) is 11.1 Å². The topological polar surface area (TPSA) is 110 Å². The highest BCUT2D eigenvalue weighted by Gasteiger charge is 2.41. The van der Waals surface area contributed by atoms with Crippen LogP contribution in [0.1, 0.15) is 26.7 Å². The quantitative estimate of drug-likeness (QED) is 0.530. The van der Waals surface area contributed by atoms with E-state index in [1.165, 1.54) is 16.4 Å². The fraction of sp³-hybridized carbons (Fsp3) is 0.400. The Labute approximate surface area is 218 Å². The van der Waals surface area contributed by atoms with Gasteiger partial charge in [0.2, 0.25) is 15.9 Å². The number of ether oxygens (including phenoxy) is 1. The SMILES string of the molecule is COc1cccc(-c2cc(Cl)ccc2S(=O)(=O)N2CCC(C)(C(=O)N[C@H](C)/C=C\S(C)(=O)=O)CC2)c1. The molecule has 36 heavy (non-hydrogen) atoms. The second-order valence-corrected chi connectivity index (χ2v) is 13.5. The number of hydrogen-bond acceptors (Lipinski definition) is 6. The van der Waals surface area contributed by atoms with E-state index in [1.807, 2.05) is 0 Å². The maximum absolute atomic E-state index is 13.7. The molecular formula is C25H31ClN2O6S2. The van der Waals surface area contributed by atoms with Crippen LogP contribution in [0, 0.1) is 5.41 Å². The lowest BCUT2D eigenvalue weighted by Gasteiger charge is -2.38. The smallest absolute Gasteiger partial charge is 0.243 e. The number of nitrogens with one attached hydrogen (secondary N) is 1. The Morgan fingerprint density at radius 3 is 2.42 bits per heavy atom. The van der Waals surface area contributed by atoms with Crippen molar-refractivity contribution in [2.45, 2.75) is 37.6 Å². The molecule has 0 radical (unpaired) electrons. The molecule has 1 heterocycles. The van der Waals surface area contributed by atoms with Crippen LogP contribution < -0.4 is 10.1 Å². The molecule has 0 saturated carbocycles. The number of carbonyl (C=O) groups excluding carboxylic acids is 1. The summed E-state index contributed by atoms with van der Waals surface area (Å²) in [5.74, 6) is 0.352. The Kier molecular flexibility index (Phi) is 8.55. The lowest BCUT2D eigenvalue weighted by atomic mass is 9.80. The van der Waals surface area contributed by atoms with Gasteiger partial charge in [-0.25, -0.2) is 16.8 Å². The Morgan fingerprint density at radius 1 is 1.14 bits per heavy atom. The molecule has 8 nitrogen and oxygen atoms in total. The van der Waals surface area contributed by atoms with E-state index >= 15 is 0 Å². The Balaban J connectivity index is 1.80. The first kappa shape index (κ1) is 28.2. The van der Waals surface area contributed by atoms with Gasteiger partial charge >= 0.3 is 0 Å². The minimum absolute atomic E-state index is 0.132. The predicted octanol–water partition coefficient (Wildman–Crippen LogP) is 3.87. The first-order valence-electron chi connectivity index (χ1n) is 11.4. The molecule has 1 amide bonds. The van der Waals surface area contributed by atoms with Gasteiger partial charge in [-0.15, -0.1) is 0 Å². The van der Waals surface area contributed by atoms with Gasteiger partial charge in [-0.1, -0.05) is 36.7 Å².